The topological polar surface area (TPSA) is 16.6 Å². The summed E-state index contributed by atoms with van der Waals surface area (Å²) in [5.74, 6) is -0.742. The highest BCUT2D eigenvalue weighted by molar-refractivity contribution is 5.18. The fourth-order valence-corrected chi connectivity index (χ4v) is 0.992. The molecule has 0 aromatic heterocycles. The summed E-state index contributed by atoms with van der Waals surface area (Å²) in [5, 5.41) is 1.68. The summed E-state index contributed by atoms with van der Waals surface area (Å²) in [4.78, 5) is 0. The van der Waals surface area contributed by atoms with Crippen LogP contribution in [-0.4, -0.2) is 6.54 Å². The molecule has 0 aliphatic carbocycles. The molecule has 1 rings (SSSR count). The summed E-state index contributed by atoms with van der Waals surface area (Å²) in [6, 6.07) is 3.49. The van der Waals surface area contributed by atoms with Gasteiger partial charge in [-0.05, 0) is 23.8 Å². The molecule has 1 aromatic rings. The zero-order chi connectivity index (χ0) is 8.97. The molecule has 0 amide bonds. The van der Waals surface area contributed by atoms with E-state index in [2.05, 4.69) is 7.05 Å². The SMILES string of the molecule is [CH2-][NH2+]CCc1cc(F)ccc1F. The van der Waals surface area contributed by atoms with Gasteiger partial charge in [0, 0.05) is 6.42 Å². The van der Waals surface area contributed by atoms with Crippen LogP contribution in [-0.2, 0) is 6.42 Å². The maximum atomic E-state index is 12.9. The van der Waals surface area contributed by atoms with Gasteiger partial charge in [-0.3, -0.25) is 0 Å². The fourth-order valence-electron chi connectivity index (χ4n) is 0.992. The first-order valence-corrected chi connectivity index (χ1v) is 3.79. The first-order chi connectivity index (χ1) is 5.74. The molecule has 0 aliphatic heterocycles. The lowest BCUT2D eigenvalue weighted by molar-refractivity contribution is -0.594. The molecule has 0 fully saturated rings. The largest absolute Gasteiger partial charge is 0.479 e. The summed E-state index contributed by atoms with van der Waals surface area (Å²) in [6.07, 6.45) is 0.507. The molecule has 2 N–H and O–H groups in total. The third-order valence-corrected chi connectivity index (χ3v) is 1.63. The summed E-state index contributed by atoms with van der Waals surface area (Å²) in [6.45, 7) is 0.667. The molecule has 0 saturated carbocycles. The van der Waals surface area contributed by atoms with Gasteiger partial charge in [0.1, 0.15) is 11.6 Å². The smallest absolute Gasteiger partial charge is 0.126 e. The van der Waals surface area contributed by atoms with E-state index in [4.69, 9.17) is 0 Å². The van der Waals surface area contributed by atoms with E-state index in [-0.39, 0.29) is 5.82 Å². The maximum absolute atomic E-state index is 12.9. The van der Waals surface area contributed by atoms with Crippen LogP contribution in [0.3, 0.4) is 0 Å². The van der Waals surface area contributed by atoms with Gasteiger partial charge in [0.05, 0.1) is 6.54 Å². The van der Waals surface area contributed by atoms with Gasteiger partial charge in [-0.1, -0.05) is 0 Å². The second-order valence-corrected chi connectivity index (χ2v) is 2.56. The van der Waals surface area contributed by atoms with Crippen LogP contribution in [0.4, 0.5) is 8.78 Å². The van der Waals surface area contributed by atoms with Crippen LogP contribution >= 0.6 is 0 Å². The predicted octanol–water partition coefficient (Wildman–Crippen LogP) is 0.862. The minimum absolute atomic E-state index is 0.349. The lowest BCUT2D eigenvalue weighted by Gasteiger charge is -2.02. The Morgan fingerprint density at radius 2 is 2.08 bits per heavy atom. The van der Waals surface area contributed by atoms with E-state index in [0.29, 0.717) is 18.5 Å². The average Bonchev–Trinajstić information content (AvgIpc) is 2.07. The molecule has 0 spiro atoms. The second-order valence-electron chi connectivity index (χ2n) is 2.56. The van der Waals surface area contributed by atoms with Crippen LogP contribution in [0, 0.1) is 18.7 Å². The van der Waals surface area contributed by atoms with Crippen LogP contribution < -0.4 is 5.32 Å². The number of quaternary nitrogens is 1. The van der Waals surface area contributed by atoms with Crippen LogP contribution in [0.5, 0.6) is 0 Å². The Labute approximate surface area is 70.4 Å². The van der Waals surface area contributed by atoms with Gasteiger partial charge < -0.3 is 5.32 Å². The minimum Gasteiger partial charge on any atom is -0.479 e. The summed E-state index contributed by atoms with van der Waals surface area (Å²) >= 11 is 0. The van der Waals surface area contributed by atoms with Crippen molar-refractivity contribution < 1.29 is 14.1 Å². The zero-order valence-corrected chi connectivity index (χ0v) is 6.69. The highest BCUT2D eigenvalue weighted by atomic mass is 19.1. The van der Waals surface area contributed by atoms with Crippen LogP contribution in [0.2, 0.25) is 0 Å². The van der Waals surface area contributed by atoms with Crippen molar-refractivity contribution in [2.45, 2.75) is 6.42 Å². The molecular weight excluding hydrogens is 160 g/mol. The quantitative estimate of drug-likeness (QED) is 0.650. The van der Waals surface area contributed by atoms with Crippen LogP contribution in [0.15, 0.2) is 18.2 Å². The Morgan fingerprint density at radius 1 is 1.33 bits per heavy atom. The van der Waals surface area contributed by atoms with Gasteiger partial charge in [0.15, 0.2) is 0 Å². The van der Waals surface area contributed by atoms with E-state index in [0.717, 1.165) is 12.1 Å². The third kappa shape index (κ3) is 2.27. The number of rotatable bonds is 3. The van der Waals surface area contributed by atoms with Gasteiger partial charge >= 0.3 is 0 Å². The van der Waals surface area contributed by atoms with Crippen LogP contribution in [0.25, 0.3) is 0 Å². The van der Waals surface area contributed by atoms with Crippen molar-refractivity contribution in [3.8, 4) is 0 Å². The minimum atomic E-state index is -0.393. The predicted molar refractivity (Wildman–Crippen MR) is 42.2 cm³/mol. The molecule has 12 heavy (non-hydrogen) atoms. The first-order valence-electron chi connectivity index (χ1n) is 3.79. The van der Waals surface area contributed by atoms with E-state index in [1.807, 2.05) is 0 Å². The van der Waals surface area contributed by atoms with Gasteiger partial charge in [0.25, 0.3) is 0 Å². The Kier molecular flexibility index (Phi) is 3.17. The van der Waals surface area contributed by atoms with Gasteiger partial charge in [-0.2, -0.15) is 7.05 Å². The molecule has 0 radical (unpaired) electrons. The third-order valence-electron chi connectivity index (χ3n) is 1.63. The monoisotopic (exact) mass is 171 g/mol. The number of halogens is 2. The Hall–Kier alpha value is -0.960. The van der Waals surface area contributed by atoms with E-state index in [9.17, 15) is 8.78 Å². The molecule has 0 bridgehead atoms. The number of hydrogen-bond donors (Lipinski definition) is 1. The molecule has 0 saturated heterocycles. The van der Waals surface area contributed by atoms with E-state index < -0.39 is 5.82 Å². The van der Waals surface area contributed by atoms with Crippen molar-refractivity contribution in [1.29, 1.82) is 0 Å². The molecule has 0 unspecified atom stereocenters. The Bertz CT molecular complexity index is 261. The van der Waals surface area contributed by atoms with Crippen molar-refractivity contribution >= 4 is 0 Å². The lowest BCUT2D eigenvalue weighted by atomic mass is 10.1. The van der Waals surface area contributed by atoms with Crippen molar-refractivity contribution in [2.24, 2.45) is 0 Å². The molecule has 1 nitrogen and oxygen atoms in total. The standard InChI is InChI=1S/C9H11F2N/c1-12-5-4-7-6-8(10)2-3-9(7)11/h2-3,6H,1,4-5,12H2. The number of benzene rings is 1. The lowest BCUT2D eigenvalue weighted by Crippen LogP contribution is -2.77. The molecule has 1 aromatic carbocycles. The molecule has 0 atom stereocenters. The normalized spacial score (nSPS) is 10.2. The van der Waals surface area contributed by atoms with Gasteiger partial charge in [0.2, 0.25) is 0 Å². The maximum Gasteiger partial charge on any atom is 0.126 e. The van der Waals surface area contributed by atoms with Gasteiger partial charge in [-0.25, -0.2) is 8.78 Å². The van der Waals surface area contributed by atoms with E-state index in [1.54, 1.807) is 5.32 Å². The van der Waals surface area contributed by atoms with E-state index in [1.165, 1.54) is 6.07 Å². The molecular formula is C9H11F2N. The zero-order valence-electron chi connectivity index (χ0n) is 6.69. The Balaban J connectivity index is 2.75. The van der Waals surface area contributed by atoms with Crippen molar-refractivity contribution in [3.63, 3.8) is 0 Å². The summed E-state index contributed by atoms with van der Waals surface area (Å²) in [5.41, 5.74) is 0.412. The number of hydrogen-bond acceptors (Lipinski definition) is 0. The fraction of sp³-hybridized carbons (Fsp3) is 0.222. The van der Waals surface area contributed by atoms with E-state index >= 15 is 0 Å². The average molecular weight is 171 g/mol. The van der Waals surface area contributed by atoms with Crippen molar-refractivity contribution in [1.82, 2.24) is 0 Å². The molecule has 0 heterocycles. The molecule has 0 aliphatic rings. The Morgan fingerprint density at radius 3 is 2.75 bits per heavy atom. The first kappa shape index (κ1) is 9.13. The van der Waals surface area contributed by atoms with Crippen molar-refractivity contribution in [3.05, 3.63) is 42.4 Å². The molecule has 66 valence electrons. The highest BCUT2D eigenvalue weighted by Crippen LogP contribution is 2.09. The van der Waals surface area contributed by atoms with Crippen molar-refractivity contribution in [2.75, 3.05) is 6.54 Å². The van der Waals surface area contributed by atoms with Gasteiger partial charge in [-0.15, -0.1) is 0 Å². The molecule has 3 heteroatoms. The summed E-state index contributed by atoms with van der Waals surface area (Å²) < 4.78 is 25.5. The summed E-state index contributed by atoms with van der Waals surface area (Å²) in [7, 11) is 3.51. The second kappa shape index (κ2) is 4.16. The number of nitrogens with two attached hydrogens (primary N) is 1. The highest BCUT2D eigenvalue weighted by Gasteiger charge is 2.02. The van der Waals surface area contributed by atoms with Crippen LogP contribution in [0.1, 0.15) is 5.56 Å².